The van der Waals surface area contributed by atoms with Crippen LogP contribution < -0.4 is 0 Å². The molecule has 1 saturated carbocycles. The van der Waals surface area contributed by atoms with Crippen molar-refractivity contribution in [1.29, 1.82) is 0 Å². The van der Waals surface area contributed by atoms with Gasteiger partial charge in [0.1, 0.15) is 0 Å². The molecule has 73 heavy (non-hydrogen) atoms. The van der Waals surface area contributed by atoms with E-state index in [1.54, 1.807) is 313 Å². The van der Waals surface area contributed by atoms with E-state index in [0.717, 1.165) is 0 Å². The average Bonchev–Trinajstić information content (AvgIpc) is 3.15. The first-order valence-corrected chi connectivity index (χ1v) is 27.3. The number of rotatable bonds is 2. The van der Waals surface area contributed by atoms with E-state index in [1.807, 2.05) is 0 Å². The Morgan fingerprint density at radius 2 is 0.247 bits per heavy atom. The molecule has 0 unspecified atom stereocenters. The Balaban J connectivity index is 1.16. The molecule has 0 amide bonds. The molecule has 0 heterocycles. The van der Waals surface area contributed by atoms with Gasteiger partial charge in [-0.3, -0.25) is 0 Å². The summed E-state index contributed by atoms with van der Waals surface area (Å²) < 4.78 is 0. The Labute approximate surface area is 398 Å². The summed E-state index contributed by atoms with van der Waals surface area (Å²) in [6.07, 6.45) is 0. The molecule has 30 aromatic carbocycles. The molecule has 302 valence electrons. The third-order valence-corrected chi connectivity index (χ3v) is 26.8. The zero-order chi connectivity index (χ0) is 43.2. The Morgan fingerprint density at radius 1 is 0.123 bits per heavy atom. The smallest absolute Gasteiger partial charge is 0.0528 e. The number of hydrogen-bond donors (Lipinski definition) is 0. The van der Waals surface area contributed by atoms with E-state index in [0.29, 0.717) is 0 Å². The van der Waals surface area contributed by atoms with Crippen LogP contribution >= 0.6 is 0 Å². The van der Waals surface area contributed by atoms with E-state index in [4.69, 9.17) is 0 Å². The molecular weight excluding hydrogens is 877 g/mol. The van der Waals surface area contributed by atoms with Crippen LogP contribution in [0.3, 0.4) is 0 Å². The standard InChI is InChI=1S/C73H10/c1-3-7-11(8-4-1)71(12-9-5-2-6-10-12)72-67-59-51-41-31-23-15-13-14-17-21-19(15)27-35-29(21)39-33-25(17)26-18(14)22-20-16(13)24(23)32-38-28(20)36-30(22)40-34(26)44-43(33)53-47(39)57-49(35)55(45(51)37(27)31)63(67)65(57)69-61(53)62-54(44)48(40)58-50(36)56-46(38)52(42(32)41)60(59)68(72)64(56)66(58)70(62)73(69,71)72/h1-10H. The Morgan fingerprint density at radius 3 is 0.384 bits per heavy atom. The van der Waals surface area contributed by atoms with Crippen molar-refractivity contribution in [1.82, 2.24) is 0 Å². The van der Waals surface area contributed by atoms with Gasteiger partial charge in [0.05, 0.1) is 16.2 Å². The van der Waals surface area contributed by atoms with Crippen molar-refractivity contribution in [2.24, 2.45) is 0 Å². The van der Waals surface area contributed by atoms with Crippen LogP contribution in [0.2, 0.25) is 0 Å². The first-order chi connectivity index (χ1) is 36.4. The summed E-state index contributed by atoms with van der Waals surface area (Å²) in [7, 11) is 0. The predicted octanol–water partition coefficient (Wildman–Crippen LogP) is 19.3. The second-order valence-corrected chi connectivity index (χ2v) is 26.7. The fourth-order valence-corrected chi connectivity index (χ4v) is 27.0. The zero-order valence-electron chi connectivity index (χ0n) is 37.3. The molecule has 5 aliphatic carbocycles. The molecule has 0 bridgehead atoms. The van der Waals surface area contributed by atoms with E-state index < -0.39 is 0 Å². The second-order valence-electron chi connectivity index (χ2n) is 26.7. The summed E-state index contributed by atoms with van der Waals surface area (Å²) in [6.45, 7) is 0. The largest absolute Gasteiger partial charge is 0.0622 e. The minimum Gasteiger partial charge on any atom is -0.0622 e. The van der Waals surface area contributed by atoms with Crippen LogP contribution in [0.1, 0.15) is 33.4 Å². The number of hydrogen-bond acceptors (Lipinski definition) is 0. The first kappa shape index (κ1) is 26.9. The van der Waals surface area contributed by atoms with Crippen molar-refractivity contribution in [2.45, 2.75) is 16.2 Å². The summed E-state index contributed by atoms with van der Waals surface area (Å²) in [5.74, 6) is 0. The van der Waals surface area contributed by atoms with Gasteiger partial charge >= 0.3 is 0 Å². The van der Waals surface area contributed by atoms with Crippen LogP contribution in [0.25, 0.3) is 291 Å². The van der Waals surface area contributed by atoms with Gasteiger partial charge in [0, 0.05) is 0 Å². The van der Waals surface area contributed by atoms with E-state index >= 15 is 0 Å². The summed E-state index contributed by atoms with van der Waals surface area (Å²) >= 11 is 0. The highest BCUT2D eigenvalue weighted by atomic mass is 14.9. The molecule has 0 radical (unpaired) electrons. The van der Waals surface area contributed by atoms with Crippen LogP contribution in [0.15, 0.2) is 60.7 Å². The maximum Gasteiger partial charge on any atom is 0.0528 e. The maximum atomic E-state index is 2.61. The van der Waals surface area contributed by atoms with Gasteiger partial charge < -0.3 is 0 Å². The molecule has 0 saturated heterocycles. The second kappa shape index (κ2) is 6.09. The summed E-state index contributed by atoms with van der Waals surface area (Å²) in [5.41, 5.74) is 9.07. The summed E-state index contributed by atoms with van der Waals surface area (Å²) in [6, 6.07) is 24.7. The minimum atomic E-state index is -0.368. The Hall–Kier alpha value is -9.10. The monoisotopic (exact) mass is 886 g/mol. The van der Waals surface area contributed by atoms with Crippen LogP contribution in [-0.4, -0.2) is 0 Å². The first-order valence-electron chi connectivity index (χ1n) is 27.3. The molecule has 0 N–H and O–H groups in total. The van der Waals surface area contributed by atoms with E-state index in [2.05, 4.69) is 60.7 Å². The molecular formula is C73H10. The highest BCUT2D eigenvalue weighted by molar-refractivity contribution is 6.82. The van der Waals surface area contributed by atoms with Gasteiger partial charge in [-0.05, 0) is 324 Å². The van der Waals surface area contributed by atoms with Crippen molar-refractivity contribution in [2.75, 3.05) is 0 Å². The van der Waals surface area contributed by atoms with Crippen LogP contribution in [0.5, 0.6) is 0 Å². The Bertz CT molecular complexity index is 7070. The molecule has 0 atom stereocenters. The summed E-state index contributed by atoms with van der Waals surface area (Å²) in [4.78, 5) is 0. The molecule has 0 aromatic heterocycles. The van der Waals surface area contributed by atoms with Crippen molar-refractivity contribution < 1.29 is 0 Å². The van der Waals surface area contributed by atoms with Crippen LogP contribution in [0.4, 0.5) is 0 Å². The number of benzene rings is 20. The molecule has 5 aliphatic rings. The van der Waals surface area contributed by atoms with Gasteiger partial charge in [-0.25, -0.2) is 0 Å². The van der Waals surface area contributed by atoms with Gasteiger partial charge in [-0.1, -0.05) is 60.7 Å². The lowest BCUT2D eigenvalue weighted by atomic mass is 9.68. The van der Waals surface area contributed by atoms with Gasteiger partial charge in [-0.15, -0.1) is 0 Å². The van der Waals surface area contributed by atoms with Gasteiger partial charge in [0.2, 0.25) is 0 Å². The lowest BCUT2D eigenvalue weighted by molar-refractivity contribution is 0.710. The highest BCUT2D eigenvalue weighted by Gasteiger charge is 2.95. The highest BCUT2D eigenvalue weighted by Crippen LogP contribution is 2.97. The van der Waals surface area contributed by atoms with Gasteiger partial charge in [0.25, 0.3) is 0 Å². The van der Waals surface area contributed by atoms with E-state index in [9.17, 15) is 0 Å². The molecule has 0 heteroatoms. The lowest BCUT2D eigenvalue weighted by Gasteiger charge is -2.32. The lowest BCUT2D eigenvalue weighted by Crippen LogP contribution is -2.27. The maximum absolute atomic E-state index is 2.61. The topological polar surface area (TPSA) is 0 Å². The SMILES string of the molecule is c1ccc(C2(c3ccccc3)C34c5c6c7c8c9c%10c(c%11c%12c3c3c5c5c%13c6c6c7c7c9c9c%14c%10c%10c%11c%11c%12c%12c3c3c5c5c%13c%13c6c6c7c9c7c9c%14c%10c%10c%11c%11c%12c3c3c5c5c%13c6c7c6c9c%10c%11c3c56)C824)cc1. The average molecular weight is 887 g/mol. The van der Waals surface area contributed by atoms with E-state index in [-0.39, 0.29) is 16.2 Å². The molecule has 35 rings (SSSR count). The Kier molecular flexibility index (Phi) is 2.25. The van der Waals surface area contributed by atoms with Crippen molar-refractivity contribution in [3.63, 3.8) is 0 Å². The quantitative estimate of drug-likeness (QED) is 0.152. The van der Waals surface area contributed by atoms with Crippen molar-refractivity contribution in [3.8, 4) is 0 Å². The molecule has 2 spiro atoms. The zero-order valence-corrected chi connectivity index (χ0v) is 37.3. The third kappa shape index (κ3) is 1.40. The fourth-order valence-electron chi connectivity index (χ4n) is 27.0. The molecule has 0 aliphatic heterocycles. The summed E-state index contributed by atoms with van der Waals surface area (Å²) in [5, 5.41) is 90.0. The van der Waals surface area contributed by atoms with Crippen molar-refractivity contribution in [3.05, 3.63) is 94.0 Å². The van der Waals surface area contributed by atoms with Crippen LogP contribution in [0, 0.1) is 0 Å². The predicted molar refractivity (Wildman–Crippen MR) is 308 cm³/mol. The van der Waals surface area contributed by atoms with Crippen LogP contribution in [-0.2, 0) is 16.2 Å². The van der Waals surface area contributed by atoms with E-state index in [1.165, 1.54) is 11.1 Å². The molecule has 1 fully saturated rings. The fraction of sp³-hybridized carbons (Fsp3) is 0.0411. The third-order valence-electron chi connectivity index (χ3n) is 26.8. The molecule has 30 aromatic rings. The van der Waals surface area contributed by atoms with Gasteiger partial charge in [-0.2, -0.15) is 0 Å². The minimum absolute atomic E-state index is 0.325. The van der Waals surface area contributed by atoms with Gasteiger partial charge in [0.15, 0.2) is 0 Å². The normalized spacial score (nSPS) is 19.8. The molecule has 0 nitrogen and oxygen atoms in total. The van der Waals surface area contributed by atoms with Crippen molar-refractivity contribution >= 4 is 291 Å².